The molecule has 0 spiro atoms. The summed E-state index contributed by atoms with van der Waals surface area (Å²) in [6, 6.07) is 21.6. The second-order valence-corrected chi connectivity index (χ2v) is 7.80. The van der Waals surface area contributed by atoms with Gasteiger partial charge in [0.05, 0.1) is 6.04 Å². The first-order valence-electron chi connectivity index (χ1n) is 9.10. The molecule has 0 atom stereocenters. The topological polar surface area (TPSA) is 23.6 Å². The summed E-state index contributed by atoms with van der Waals surface area (Å²) in [6.07, 6.45) is 0. The molecule has 132 valence electrons. The molecule has 0 radical (unpaired) electrons. The number of amides is 1. The molecule has 1 aliphatic rings. The number of carbonyl (C=O) groups excluding carboxylic acids is 1. The van der Waals surface area contributed by atoms with Crippen LogP contribution in [0.2, 0.25) is 0 Å². The van der Waals surface area contributed by atoms with Gasteiger partial charge in [-0.05, 0) is 11.1 Å². The van der Waals surface area contributed by atoms with Crippen LogP contribution in [0.4, 0.5) is 0 Å². The summed E-state index contributed by atoms with van der Waals surface area (Å²) in [4.78, 5) is 17.1. The van der Waals surface area contributed by atoms with Crippen LogP contribution in [-0.4, -0.2) is 41.9 Å². The average molecular weight is 336 g/mol. The molecule has 2 aromatic rings. The fourth-order valence-corrected chi connectivity index (χ4v) is 3.54. The minimum absolute atomic E-state index is 0.245. The number of benzene rings is 2. The van der Waals surface area contributed by atoms with Crippen molar-refractivity contribution < 1.29 is 4.79 Å². The molecule has 1 saturated heterocycles. The van der Waals surface area contributed by atoms with Gasteiger partial charge in [0.25, 0.3) is 0 Å². The second-order valence-electron chi connectivity index (χ2n) is 7.80. The van der Waals surface area contributed by atoms with Crippen LogP contribution in [0.25, 0.3) is 0 Å². The van der Waals surface area contributed by atoms with Crippen molar-refractivity contribution in [1.29, 1.82) is 0 Å². The van der Waals surface area contributed by atoms with Gasteiger partial charge in [0.1, 0.15) is 0 Å². The molecule has 1 amide bonds. The van der Waals surface area contributed by atoms with Gasteiger partial charge in [-0.1, -0.05) is 81.4 Å². The maximum atomic E-state index is 12.5. The maximum absolute atomic E-state index is 12.5. The van der Waals surface area contributed by atoms with Crippen molar-refractivity contribution in [3.8, 4) is 0 Å². The number of nitrogens with zero attached hydrogens (tertiary/aromatic N) is 2. The number of hydrogen-bond donors (Lipinski definition) is 0. The van der Waals surface area contributed by atoms with E-state index < -0.39 is 0 Å². The summed E-state index contributed by atoms with van der Waals surface area (Å²) >= 11 is 0. The summed E-state index contributed by atoms with van der Waals surface area (Å²) in [7, 11) is 0. The Kier molecular flexibility index (Phi) is 5.24. The van der Waals surface area contributed by atoms with E-state index in [0.717, 1.165) is 26.2 Å². The Morgan fingerprint density at radius 3 is 1.64 bits per heavy atom. The van der Waals surface area contributed by atoms with Crippen molar-refractivity contribution in [2.24, 2.45) is 5.41 Å². The zero-order chi connectivity index (χ0) is 17.9. The molecule has 25 heavy (non-hydrogen) atoms. The SMILES string of the molecule is CC(C)(C)C(=O)N1CCN(C(c2ccccc2)c2ccccc2)CC1. The summed E-state index contributed by atoms with van der Waals surface area (Å²) in [5.41, 5.74) is 2.31. The molecule has 1 aliphatic heterocycles. The maximum Gasteiger partial charge on any atom is 0.228 e. The number of piperazine rings is 1. The zero-order valence-electron chi connectivity index (χ0n) is 15.5. The third-order valence-electron chi connectivity index (χ3n) is 4.84. The van der Waals surface area contributed by atoms with Crippen LogP contribution in [0.15, 0.2) is 60.7 Å². The van der Waals surface area contributed by atoms with E-state index in [1.165, 1.54) is 11.1 Å². The summed E-state index contributed by atoms with van der Waals surface area (Å²) < 4.78 is 0. The monoisotopic (exact) mass is 336 g/mol. The van der Waals surface area contributed by atoms with Gasteiger partial charge in [0, 0.05) is 31.6 Å². The minimum Gasteiger partial charge on any atom is -0.340 e. The molecule has 0 unspecified atom stereocenters. The largest absolute Gasteiger partial charge is 0.340 e. The Labute approximate surface area is 151 Å². The zero-order valence-corrected chi connectivity index (χ0v) is 15.5. The summed E-state index contributed by atoms with van der Waals surface area (Å²) in [5, 5.41) is 0. The smallest absolute Gasteiger partial charge is 0.228 e. The molecule has 0 bridgehead atoms. The summed E-state index contributed by atoms with van der Waals surface area (Å²) in [5.74, 6) is 0.253. The first-order valence-corrected chi connectivity index (χ1v) is 9.10. The number of hydrogen-bond acceptors (Lipinski definition) is 2. The lowest BCUT2D eigenvalue weighted by atomic mass is 9.93. The lowest BCUT2D eigenvalue weighted by molar-refractivity contribution is -0.141. The molecule has 0 saturated carbocycles. The molecule has 3 nitrogen and oxygen atoms in total. The standard InChI is InChI=1S/C22H28N2O/c1-22(2,3)21(25)24-16-14-23(15-17-24)20(18-10-6-4-7-11-18)19-12-8-5-9-13-19/h4-13,20H,14-17H2,1-3H3. The number of carbonyl (C=O) groups is 1. The molecule has 3 heteroatoms. The predicted octanol–water partition coefficient (Wildman–Crippen LogP) is 3.97. The Morgan fingerprint density at radius 2 is 1.24 bits per heavy atom. The fraction of sp³-hybridized carbons (Fsp3) is 0.409. The van der Waals surface area contributed by atoms with Crippen LogP contribution in [-0.2, 0) is 4.79 Å². The summed E-state index contributed by atoms with van der Waals surface area (Å²) in [6.45, 7) is 9.39. The molecule has 0 aromatic heterocycles. The third kappa shape index (κ3) is 4.10. The van der Waals surface area contributed by atoms with Crippen molar-refractivity contribution in [2.45, 2.75) is 26.8 Å². The van der Waals surface area contributed by atoms with Crippen LogP contribution in [0, 0.1) is 5.41 Å². The number of rotatable bonds is 3. The van der Waals surface area contributed by atoms with Crippen molar-refractivity contribution in [1.82, 2.24) is 9.80 Å². The van der Waals surface area contributed by atoms with E-state index in [4.69, 9.17) is 0 Å². The Bertz CT molecular complexity index is 643. The molecular formula is C22H28N2O. The predicted molar refractivity (Wildman–Crippen MR) is 102 cm³/mol. The lowest BCUT2D eigenvalue weighted by Crippen LogP contribution is -2.52. The highest BCUT2D eigenvalue weighted by Crippen LogP contribution is 2.30. The van der Waals surface area contributed by atoms with Gasteiger partial charge in [-0.2, -0.15) is 0 Å². The van der Waals surface area contributed by atoms with Crippen LogP contribution in [0.3, 0.4) is 0 Å². The molecule has 1 fully saturated rings. The molecule has 1 heterocycles. The fourth-order valence-electron chi connectivity index (χ4n) is 3.54. The van der Waals surface area contributed by atoms with Gasteiger partial charge < -0.3 is 4.90 Å². The van der Waals surface area contributed by atoms with Gasteiger partial charge in [-0.15, -0.1) is 0 Å². The lowest BCUT2D eigenvalue weighted by Gasteiger charge is -2.41. The molecule has 3 rings (SSSR count). The van der Waals surface area contributed by atoms with Crippen molar-refractivity contribution in [3.63, 3.8) is 0 Å². The third-order valence-corrected chi connectivity index (χ3v) is 4.84. The first kappa shape index (κ1) is 17.7. The average Bonchev–Trinajstić information content (AvgIpc) is 2.63. The highest BCUT2D eigenvalue weighted by atomic mass is 16.2. The van der Waals surface area contributed by atoms with Gasteiger partial charge >= 0.3 is 0 Å². The van der Waals surface area contributed by atoms with Crippen LogP contribution < -0.4 is 0 Å². The quantitative estimate of drug-likeness (QED) is 0.847. The Morgan fingerprint density at radius 1 is 0.800 bits per heavy atom. The molecule has 2 aromatic carbocycles. The Balaban J connectivity index is 1.79. The molecule has 0 aliphatic carbocycles. The van der Waals surface area contributed by atoms with Gasteiger partial charge in [0.15, 0.2) is 0 Å². The van der Waals surface area contributed by atoms with Crippen LogP contribution >= 0.6 is 0 Å². The van der Waals surface area contributed by atoms with E-state index in [0.29, 0.717) is 0 Å². The first-order chi connectivity index (χ1) is 12.0. The minimum atomic E-state index is -0.305. The second kappa shape index (κ2) is 7.40. The van der Waals surface area contributed by atoms with Gasteiger partial charge in [-0.3, -0.25) is 9.69 Å². The van der Waals surface area contributed by atoms with E-state index in [1.807, 2.05) is 25.7 Å². The normalized spacial score (nSPS) is 16.2. The highest BCUT2D eigenvalue weighted by molar-refractivity contribution is 5.81. The van der Waals surface area contributed by atoms with E-state index in [1.54, 1.807) is 0 Å². The van der Waals surface area contributed by atoms with Crippen molar-refractivity contribution in [3.05, 3.63) is 71.8 Å². The molecular weight excluding hydrogens is 308 g/mol. The van der Waals surface area contributed by atoms with Crippen LogP contribution in [0.5, 0.6) is 0 Å². The van der Waals surface area contributed by atoms with E-state index in [-0.39, 0.29) is 17.4 Å². The van der Waals surface area contributed by atoms with E-state index in [9.17, 15) is 4.79 Å². The van der Waals surface area contributed by atoms with Crippen LogP contribution in [0.1, 0.15) is 37.9 Å². The Hall–Kier alpha value is -2.13. The van der Waals surface area contributed by atoms with Gasteiger partial charge in [0.2, 0.25) is 5.91 Å². The van der Waals surface area contributed by atoms with E-state index >= 15 is 0 Å². The van der Waals surface area contributed by atoms with Gasteiger partial charge in [-0.25, -0.2) is 0 Å². The highest BCUT2D eigenvalue weighted by Gasteiger charge is 2.32. The molecule has 0 N–H and O–H groups in total. The van der Waals surface area contributed by atoms with Crippen molar-refractivity contribution >= 4 is 5.91 Å². The van der Waals surface area contributed by atoms with E-state index in [2.05, 4.69) is 65.6 Å². The van der Waals surface area contributed by atoms with Crippen molar-refractivity contribution in [2.75, 3.05) is 26.2 Å².